The number of nitrogens with zero attached hydrogens (tertiary/aromatic N) is 1. The second-order valence-electron chi connectivity index (χ2n) is 2.62. The molecule has 1 unspecified atom stereocenters. The smallest absolute Gasteiger partial charge is 0.383 e. The van der Waals surface area contributed by atoms with Gasteiger partial charge >= 0.3 is 6.18 Å². The van der Waals surface area contributed by atoms with Gasteiger partial charge in [-0.1, -0.05) is 0 Å². The number of alkyl halides is 3. The number of halogens is 3. The van der Waals surface area contributed by atoms with Gasteiger partial charge < -0.3 is 5.32 Å². The molecule has 0 saturated heterocycles. The monoisotopic (exact) mass is 220 g/mol. The molecular weight excluding hydrogens is 213 g/mol. The normalized spacial score (nSPS) is 13.3. The number of rotatable bonds is 3. The molecule has 6 heteroatoms. The molecule has 14 heavy (non-hydrogen) atoms. The van der Waals surface area contributed by atoms with Crippen molar-refractivity contribution in [3.05, 3.63) is 16.8 Å². The summed E-state index contributed by atoms with van der Waals surface area (Å²) in [4.78, 5) is 0. The number of anilines is 1. The number of hydrogen-bond donors (Lipinski definition) is 1. The molecule has 0 fully saturated rings. The van der Waals surface area contributed by atoms with Crippen LogP contribution in [-0.2, 0) is 0 Å². The minimum absolute atomic E-state index is 0.406. The highest BCUT2D eigenvalue weighted by molar-refractivity contribution is 7.08. The minimum Gasteiger partial charge on any atom is -0.383 e. The van der Waals surface area contributed by atoms with Gasteiger partial charge in [0.05, 0.1) is 6.07 Å². The van der Waals surface area contributed by atoms with Crippen LogP contribution in [0.1, 0.15) is 0 Å². The molecule has 0 aliphatic heterocycles. The van der Waals surface area contributed by atoms with Gasteiger partial charge in [0.15, 0.2) is 5.92 Å². The summed E-state index contributed by atoms with van der Waals surface area (Å²) in [7, 11) is 0. The molecule has 0 radical (unpaired) electrons. The molecule has 0 aromatic carbocycles. The summed E-state index contributed by atoms with van der Waals surface area (Å²) in [6.07, 6.45) is -4.46. The van der Waals surface area contributed by atoms with Gasteiger partial charge in [0, 0.05) is 17.6 Å². The van der Waals surface area contributed by atoms with Crippen LogP contribution in [0.15, 0.2) is 16.8 Å². The molecule has 1 rings (SSSR count). The molecule has 0 aliphatic rings. The van der Waals surface area contributed by atoms with Crippen LogP contribution >= 0.6 is 11.3 Å². The minimum atomic E-state index is -4.46. The Labute approximate surface area is 83.0 Å². The van der Waals surface area contributed by atoms with E-state index in [9.17, 15) is 13.2 Å². The van der Waals surface area contributed by atoms with Gasteiger partial charge in [0.1, 0.15) is 0 Å². The van der Waals surface area contributed by atoms with Crippen molar-refractivity contribution in [1.29, 1.82) is 5.26 Å². The summed E-state index contributed by atoms with van der Waals surface area (Å²) in [5.41, 5.74) is 0.611. The third kappa shape index (κ3) is 2.92. The molecule has 0 amide bonds. The lowest BCUT2D eigenvalue weighted by molar-refractivity contribution is -0.155. The summed E-state index contributed by atoms with van der Waals surface area (Å²) in [5, 5.41) is 14.3. The maximum absolute atomic E-state index is 12.1. The van der Waals surface area contributed by atoms with E-state index in [1.165, 1.54) is 17.4 Å². The van der Waals surface area contributed by atoms with Crippen molar-refractivity contribution in [1.82, 2.24) is 0 Å². The van der Waals surface area contributed by atoms with E-state index in [4.69, 9.17) is 5.26 Å². The fourth-order valence-corrected chi connectivity index (χ4v) is 1.43. The van der Waals surface area contributed by atoms with Crippen LogP contribution in [-0.4, -0.2) is 12.7 Å². The van der Waals surface area contributed by atoms with E-state index in [0.29, 0.717) is 5.69 Å². The molecule has 1 heterocycles. The molecule has 1 atom stereocenters. The lowest BCUT2D eigenvalue weighted by atomic mass is 10.1. The zero-order chi connectivity index (χ0) is 10.6. The van der Waals surface area contributed by atoms with E-state index in [2.05, 4.69) is 5.32 Å². The first-order chi connectivity index (χ1) is 6.54. The van der Waals surface area contributed by atoms with E-state index in [1.807, 2.05) is 0 Å². The Bertz CT molecular complexity index is 312. The third-order valence-corrected chi connectivity index (χ3v) is 2.27. The van der Waals surface area contributed by atoms with Crippen LogP contribution in [0, 0.1) is 17.2 Å². The highest BCUT2D eigenvalue weighted by Crippen LogP contribution is 2.26. The molecule has 76 valence electrons. The van der Waals surface area contributed by atoms with Crippen molar-refractivity contribution in [2.24, 2.45) is 5.92 Å². The average Bonchev–Trinajstić information content (AvgIpc) is 2.55. The average molecular weight is 220 g/mol. The van der Waals surface area contributed by atoms with E-state index in [0.717, 1.165) is 0 Å². The second kappa shape index (κ2) is 4.33. The summed E-state index contributed by atoms with van der Waals surface area (Å²) in [6.45, 7) is -0.406. The van der Waals surface area contributed by atoms with E-state index < -0.39 is 18.6 Å². The number of nitriles is 1. The van der Waals surface area contributed by atoms with Gasteiger partial charge in [-0.05, 0) is 11.4 Å². The number of nitrogens with one attached hydrogen (secondary N) is 1. The van der Waals surface area contributed by atoms with Gasteiger partial charge in [-0.25, -0.2) is 0 Å². The SMILES string of the molecule is N#CC(CNc1ccsc1)C(F)(F)F. The van der Waals surface area contributed by atoms with Crippen LogP contribution < -0.4 is 5.32 Å². The van der Waals surface area contributed by atoms with Gasteiger partial charge in [0.2, 0.25) is 0 Å². The first-order valence-electron chi connectivity index (χ1n) is 3.76. The standard InChI is InChI=1S/C8H7F3N2S/c9-8(10,11)6(3-12)4-13-7-1-2-14-5-7/h1-2,5-6,13H,4H2. The van der Waals surface area contributed by atoms with E-state index in [-0.39, 0.29) is 0 Å². The van der Waals surface area contributed by atoms with Crippen molar-refractivity contribution >= 4 is 17.0 Å². The van der Waals surface area contributed by atoms with E-state index >= 15 is 0 Å². The predicted octanol–water partition coefficient (Wildman–Crippen LogP) is 2.86. The second-order valence-corrected chi connectivity index (χ2v) is 3.40. The van der Waals surface area contributed by atoms with Crippen molar-refractivity contribution < 1.29 is 13.2 Å². The quantitative estimate of drug-likeness (QED) is 0.850. The Hall–Kier alpha value is -1.22. The summed E-state index contributed by atoms with van der Waals surface area (Å²) >= 11 is 1.38. The van der Waals surface area contributed by atoms with Gasteiger partial charge in [0.25, 0.3) is 0 Å². The lowest BCUT2D eigenvalue weighted by Crippen LogP contribution is -2.28. The molecular formula is C8H7F3N2S. The summed E-state index contributed by atoms with van der Waals surface area (Å²) in [6, 6.07) is 2.88. The van der Waals surface area contributed by atoms with Crippen LogP contribution in [0.5, 0.6) is 0 Å². The van der Waals surface area contributed by atoms with Crippen LogP contribution in [0.2, 0.25) is 0 Å². The summed E-state index contributed by atoms with van der Waals surface area (Å²) in [5.74, 6) is -1.96. The predicted molar refractivity (Wildman–Crippen MR) is 48.0 cm³/mol. The van der Waals surface area contributed by atoms with Gasteiger partial charge in [-0.15, -0.1) is 0 Å². The molecule has 0 spiro atoms. The zero-order valence-corrected chi connectivity index (χ0v) is 7.82. The van der Waals surface area contributed by atoms with Crippen molar-refractivity contribution in [3.63, 3.8) is 0 Å². The fourth-order valence-electron chi connectivity index (χ4n) is 0.820. The first-order valence-corrected chi connectivity index (χ1v) is 4.70. The van der Waals surface area contributed by atoms with Gasteiger partial charge in [-0.2, -0.15) is 29.8 Å². The molecule has 1 aromatic heterocycles. The molecule has 1 N–H and O–H groups in total. The maximum Gasteiger partial charge on any atom is 0.406 e. The topological polar surface area (TPSA) is 35.8 Å². The Morgan fingerprint density at radius 2 is 2.29 bits per heavy atom. The molecule has 0 saturated carbocycles. The first kappa shape index (κ1) is 10.9. The molecule has 0 aliphatic carbocycles. The molecule has 0 bridgehead atoms. The Kier molecular flexibility index (Phi) is 3.36. The lowest BCUT2D eigenvalue weighted by Gasteiger charge is -2.13. The highest BCUT2D eigenvalue weighted by Gasteiger charge is 2.39. The van der Waals surface area contributed by atoms with Crippen LogP contribution in [0.25, 0.3) is 0 Å². The van der Waals surface area contributed by atoms with Crippen molar-refractivity contribution in [2.75, 3.05) is 11.9 Å². The number of thiophene rings is 1. The summed E-state index contributed by atoms with van der Waals surface area (Å²) < 4.78 is 36.3. The molecule has 1 aromatic rings. The third-order valence-electron chi connectivity index (χ3n) is 1.58. The Balaban J connectivity index is 2.48. The number of hydrogen-bond acceptors (Lipinski definition) is 3. The van der Waals surface area contributed by atoms with Crippen molar-refractivity contribution in [3.8, 4) is 6.07 Å². The fraction of sp³-hybridized carbons (Fsp3) is 0.375. The Morgan fingerprint density at radius 1 is 1.57 bits per heavy atom. The highest BCUT2D eigenvalue weighted by atomic mass is 32.1. The van der Waals surface area contributed by atoms with Crippen molar-refractivity contribution in [2.45, 2.75) is 6.18 Å². The van der Waals surface area contributed by atoms with Gasteiger partial charge in [-0.3, -0.25) is 0 Å². The molecule has 2 nitrogen and oxygen atoms in total. The maximum atomic E-state index is 12.1. The Morgan fingerprint density at radius 3 is 2.71 bits per heavy atom. The van der Waals surface area contributed by atoms with E-state index in [1.54, 1.807) is 16.8 Å². The van der Waals surface area contributed by atoms with Crippen LogP contribution in [0.4, 0.5) is 18.9 Å². The zero-order valence-electron chi connectivity index (χ0n) is 7.01. The largest absolute Gasteiger partial charge is 0.406 e. The van der Waals surface area contributed by atoms with Crippen LogP contribution in [0.3, 0.4) is 0 Å².